The predicted molar refractivity (Wildman–Crippen MR) is 35.7 cm³/mol. The molecular weight excluding hydrogens is 140 g/mol. The molecule has 54 valence electrons. The highest BCUT2D eigenvalue weighted by molar-refractivity contribution is 6.20. The number of halogens is 1. The van der Waals surface area contributed by atoms with Crippen molar-refractivity contribution in [3.8, 4) is 0 Å². The van der Waals surface area contributed by atoms with Crippen LogP contribution < -0.4 is 0 Å². The Balaban J connectivity index is 2.14. The van der Waals surface area contributed by atoms with Crippen LogP contribution in [0.2, 0.25) is 0 Å². The van der Waals surface area contributed by atoms with Crippen LogP contribution in [0, 0.1) is 0 Å². The van der Waals surface area contributed by atoms with Gasteiger partial charge < -0.3 is 9.84 Å². The highest BCUT2D eigenvalue weighted by Crippen LogP contribution is 2.19. The number of aliphatic hydroxyl groups is 1. The van der Waals surface area contributed by atoms with Crippen molar-refractivity contribution in [2.75, 3.05) is 13.2 Å². The Labute approximate surface area is 59.8 Å². The monoisotopic (exact) mass is 150 g/mol. The number of alkyl halides is 1. The Morgan fingerprint density at radius 2 is 2.44 bits per heavy atom. The number of aliphatic hydroxyl groups excluding tert-OH is 1. The van der Waals surface area contributed by atoms with E-state index in [1.54, 1.807) is 0 Å². The molecule has 0 saturated carbocycles. The van der Waals surface area contributed by atoms with Crippen LogP contribution in [0.3, 0.4) is 0 Å². The number of ether oxygens (including phenoxy) is 1. The van der Waals surface area contributed by atoms with Gasteiger partial charge >= 0.3 is 0 Å². The van der Waals surface area contributed by atoms with E-state index in [1.165, 1.54) is 0 Å². The van der Waals surface area contributed by atoms with Crippen molar-refractivity contribution >= 4 is 11.6 Å². The van der Waals surface area contributed by atoms with Crippen LogP contribution in [0.5, 0.6) is 0 Å². The first-order valence-electron chi connectivity index (χ1n) is 3.19. The van der Waals surface area contributed by atoms with Gasteiger partial charge in [-0.3, -0.25) is 0 Å². The van der Waals surface area contributed by atoms with E-state index in [0.717, 1.165) is 12.8 Å². The average molecular weight is 151 g/mol. The molecule has 9 heavy (non-hydrogen) atoms. The normalized spacial score (nSPS) is 35.3. The molecule has 0 aromatic rings. The molecule has 1 aliphatic heterocycles. The summed E-state index contributed by atoms with van der Waals surface area (Å²) in [5.74, 6) is 0. The van der Waals surface area contributed by atoms with Crippen molar-refractivity contribution in [3.05, 3.63) is 0 Å². The summed E-state index contributed by atoms with van der Waals surface area (Å²) in [5, 5.41) is 8.66. The van der Waals surface area contributed by atoms with Gasteiger partial charge in [-0.25, -0.2) is 0 Å². The third-order valence-electron chi connectivity index (χ3n) is 1.48. The minimum Gasteiger partial charge on any atom is -0.396 e. The molecule has 0 aromatic carbocycles. The maximum Gasteiger partial charge on any atom is 0.0634 e. The van der Waals surface area contributed by atoms with Crippen molar-refractivity contribution in [2.45, 2.75) is 24.3 Å². The topological polar surface area (TPSA) is 29.5 Å². The lowest BCUT2D eigenvalue weighted by Crippen LogP contribution is -2.06. The Bertz CT molecular complexity index is 85.1. The fourth-order valence-electron chi connectivity index (χ4n) is 1.01. The van der Waals surface area contributed by atoms with E-state index in [9.17, 15) is 0 Å². The molecule has 1 aliphatic rings. The first kappa shape index (κ1) is 7.32. The molecule has 1 N–H and O–H groups in total. The molecule has 2 unspecified atom stereocenters. The SMILES string of the molecule is OCCC1CC(Cl)CO1. The Morgan fingerprint density at radius 3 is 2.89 bits per heavy atom. The first-order valence-corrected chi connectivity index (χ1v) is 3.63. The van der Waals surface area contributed by atoms with Crippen molar-refractivity contribution in [1.82, 2.24) is 0 Å². The summed E-state index contributed by atoms with van der Waals surface area (Å²) in [7, 11) is 0. The van der Waals surface area contributed by atoms with Crippen LogP contribution in [0.4, 0.5) is 0 Å². The summed E-state index contributed by atoms with van der Waals surface area (Å²) >= 11 is 5.74. The Kier molecular flexibility index (Phi) is 2.76. The number of hydrogen-bond acceptors (Lipinski definition) is 2. The van der Waals surface area contributed by atoms with E-state index in [-0.39, 0.29) is 18.1 Å². The lowest BCUT2D eigenvalue weighted by atomic mass is 10.2. The second-order valence-corrected chi connectivity index (χ2v) is 2.92. The van der Waals surface area contributed by atoms with Gasteiger partial charge in [0.25, 0.3) is 0 Å². The maximum absolute atomic E-state index is 8.49. The minimum atomic E-state index is 0.168. The summed E-state index contributed by atoms with van der Waals surface area (Å²) in [4.78, 5) is 0. The summed E-state index contributed by atoms with van der Waals surface area (Å²) in [6.07, 6.45) is 1.82. The zero-order valence-corrected chi connectivity index (χ0v) is 5.97. The third-order valence-corrected chi connectivity index (χ3v) is 1.79. The summed E-state index contributed by atoms with van der Waals surface area (Å²) < 4.78 is 5.21. The minimum absolute atomic E-state index is 0.168. The molecule has 3 heteroatoms. The molecule has 0 radical (unpaired) electrons. The molecule has 1 rings (SSSR count). The lowest BCUT2D eigenvalue weighted by Gasteiger charge is -2.03. The summed E-state index contributed by atoms with van der Waals surface area (Å²) in [6, 6.07) is 0. The zero-order chi connectivity index (χ0) is 6.69. The average Bonchev–Trinajstić information content (AvgIpc) is 2.17. The molecule has 0 bridgehead atoms. The molecule has 2 atom stereocenters. The lowest BCUT2D eigenvalue weighted by molar-refractivity contribution is 0.0870. The van der Waals surface area contributed by atoms with Gasteiger partial charge in [-0.15, -0.1) is 11.6 Å². The highest BCUT2D eigenvalue weighted by Gasteiger charge is 2.22. The van der Waals surface area contributed by atoms with Gasteiger partial charge in [0, 0.05) is 6.61 Å². The van der Waals surface area contributed by atoms with Crippen LogP contribution in [-0.4, -0.2) is 29.8 Å². The fourth-order valence-corrected chi connectivity index (χ4v) is 1.28. The molecule has 0 aliphatic carbocycles. The molecule has 1 saturated heterocycles. The van der Waals surface area contributed by atoms with Gasteiger partial charge in [0.15, 0.2) is 0 Å². The van der Waals surface area contributed by atoms with Gasteiger partial charge in [-0.2, -0.15) is 0 Å². The van der Waals surface area contributed by atoms with E-state index in [1.807, 2.05) is 0 Å². The molecule has 0 aromatic heterocycles. The first-order chi connectivity index (χ1) is 4.33. The Hall–Kier alpha value is 0.210. The smallest absolute Gasteiger partial charge is 0.0634 e. The maximum atomic E-state index is 8.49. The van der Waals surface area contributed by atoms with E-state index in [4.69, 9.17) is 21.4 Å². The van der Waals surface area contributed by atoms with Crippen LogP contribution in [-0.2, 0) is 4.74 Å². The summed E-state index contributed by atoms with van der Waals surface area (Å²) in [6.45, 7) is 0.848. The zero-order valence-electron chi connectivity index (χ0n) is 5.22. The quantitative estimate of drug-likeness (QED) is 0.590. The van der Waals surface area contributed by atoms with Gasteiger partial charge in [0.1, 0.15) is 0 Å². The van der Waals surface area contributed by atoms with Crippen LogP contribution in [0.15, 0.2) is 0 Å². The van der Waals surface area contributed by atoms with Crippen LogP contribution in [0.1, 0.15) is 12.8 Å². The van der Waals surface area contributed by atoms with E-state index < -0.39 is 0 Å². The number of hydrogen-bond donors (Lipinski definition) is 1. The summed E-state index contributed by atoms with van der Waals surface area (Å²) in [5.41, 5.74) is 0. The second kappa shape index (κ2) is 3.40. The second-order valence-electron chi connectivity index (χ2n) is 2.30. The molecular formula is C6H11ClO2. The van der Waals surface area contributed by atoms with Gasteiger partial charge in [0.2, 0.25) is 0 Å². The molecule has 1 fully saturated rings. The van der Waals surface area contributed by atoms with Crippen molar-refractivity contribution in [3.63, 3.8) is 0 Å². The molecule has 1 heterocycles. The predicted octanol–water partition coefficient (Wildman–Crippen LogP) is 0.765. The van der Waals surface area contributed by atoms with Crippen LogP contribution in [0.25, 0.3) is 0 Å². The van der Waals surface area contributed by atoms with Gasteiger partial charge in [-0.1, -0.05) is 0 Å². The van der Waals surface area contributed by atoms with E-state index in [0.29, 0.717) is 6.61 Å². The van der Waals surface area contributed by atoms with Gasteiger partial charge in [-0.05, 0) is 12.8 Å². The Morgan fingerprint density at radius 1 is 1.67 bits per heavy atom. The molecule has 0 amide bonds. The highest BCUT2D eigenvalue weighted by atomic mass is 35.5. The van der Waals surface area contributed by atoms with Crippen LogP contribution >= 0.6 is 11.6 Å². The largest absolute Gasteiger partial charge is 0.396 e. The fraction of sp³-hybridized carbons (Fsp3) is 1.00. The van der Waals surface area contributed by atoms with E-state index >= 15 is 0 Å². The van der Waals surface area contributed by atoms with E-state index in [2.05, 4.69) is 0 Å². The number of rotatable bonds is 2. The van der Waals surface area contributed by atoms with Crippen molar-refractivity contribution in [2.24, 2.45) is 0 Å². The van der Waals surface area contributed by atoms with Crippen molar-refractivity contribution < 1.29 is 9.84 Å². The molecule has 2 nitrogen and oxygen atoms in total. The third kappa shape index (κ3) is 2.12. The van der Waals surface area contributed by atoms with Crippen molar-refractivity contribution in [1.29, 1.82) is 0 Å². The van der Waals surface area contributed by atoms with Gasteiger partial charge in [0.05, 0.1) is 18.1 Å². The standard InChI is InChI=1S/C6H11ClO2/c7-5-3-6(1-2-8)9-4-5/h5-6,8H,1-4H2. The molecule has 0 spiro atoms.